The molecule has 2 unspecified atom stereocenters. The molecule has 4 rings (SSSR count). The zero-order chi connectivity index (χ0) is 23.2. The number of carbonyl (C=O) groups is 1. The van der Waals surface area contributed by atoms with E-state index in [1.54, 1.807) is 23.4 Å². The van der Waals surface area contributed by atoms with E-state index in [0.29, 0.717) is 30.9 Å². The molecular formula is C25H27N5O3. The number of allylic oxidation sites excluding steroid dienone is 2. The van der Waals surface area contributed by atoms with Gasteiger partial charge in [0.1, 0.15) is 11.9 Å². The van der Waals surface area contributed by atoms with Gasteiger partial charge in [0.15, 0.2) is 0 Å². The SMILES string of the molecule is C=CC(=O)N1CCC(N(N=O)c2ccncc2Nc2cccc(OC3C=CC(C)=CC3)c2)C1. The van der Waals surface area contributed by atoms with Gasteiger partial charge in [-0.3, -0.25) is 9.78 Å². The Morgan fingerprint density at radius 1 is 1.39 bits per heavy atom. The predicted molar refractivity (Wildman–Crippen MR) is 129 cm³/mol. The molecule has 0 saturated carbocycles. The molecule has 1 amide bonds. The summed E-state index contributed by atoms with van der Waals surface area (Å²) >= 11 is 0. The number of rotatable bonds is 8. The zero-order valence-corrected chi connectivity index (χ0v) is 18.6. The van der Waals surface area contributed by atoms with E-state index in [4.69, 9.17) is 4.74 Å². The van der Waals surface area contributed by atoms with Crippen LogP contribution in [0.5, 0.6) is 5.75 Å². The van der Waals surface area contributed by atoms with Gasteiger partial charge >= 0.3 is 0 Å². The van der Waals surface area contributed by atoms with Crippen molar-refractivity contribution >= 4 is 23.0 Å². The second-order valence-corrected chi connectivity index (χ2v) is 8.10. The molecule has 1 fully saturated rings. The third-order valence-electron chi connectivity index (χ3n) is 5.77. The standard InChI is InChI=1S/C25H27N5O3/c1-3-25(31)29-14-12-20(17-29)30(28-32)24-11-13-26-16-23(24)27-19-5-4-6-22(15-19)33-21-9-7-18(2)8-10-21/h3-9,11,13,15-16,20-21,27H,1,10,12,14,17H2,2H3. The highest BCUT2D eigenvalue weighted by atomic mass is 16.5. The molecule has 1 saturated heterocycles. The van der Waals surface area contributed by atoms with Crippen molar-refractivity contribution in [3.8, 4) is 5.75 Å². The summed E-state index contributed by atoms with van der Waals surface area (Å²) in [5.41, 5.74) is 3.27. The Hall–Kier alpha value is -3.94. The van der Waals surface area contributed by atoms with Crippen LogP contribution in [0.4, 0.5) is 17.1 Å². The van der Waals surface area contributed by atoms with E-state index in [9.17, 15) is 9.70 Å². The van der Waals surface area contributed by atoms with Gasteiger partial charge in [-0.25, -0.2) is 5.01 Å². The molecule has 8 heteroatoms. The maximum Gasteiger partial charge on any atom is 0.246 e. The van der Waals surface area contributed by atoms with Gasteiger partial charge in [-0.15, -0.1) is 4.91 Å². The van der Waals surface area contributed by atoms with Gasteiger partial charge in [-0.2, -0.15) is 0 Å². The average molecular weight is 446 g/mol. The van der Waals surface area contributed by atoms with Gasteiger partial charge in [0.25, 0.3) is 0 Å². The third kappa shape index (κ3) is 5.28. The van der Waals surface area contributed by atoms with E-state index >= 15 is 0 Å². The Morgan fingerprint density at radius 2 is 2.27 bits per heavy atom. The highest BCUT2D eigenvalue weighted by Gasteiger charge is 2.32. The number of carbonyl (C=O) groups excluding carboxylic acids is 1. The second-order valence-electron chi connectivity index (χ2n) is 8.10. The summed E-state index contributed by atoms with van der Waals surface area (Å²) in [5.74, 6) is 0.597. The number of pyridine rings is 1. The minimum atomic E-state index is -0.224. The number of aromatic nitrogens is 1. The number of benzene rings is 1. The minimum Gasteiger partial charge on any atom is -0.486 e. The quantitative estimate of drug-likeness (QED) is 0.358. The predicted octanol–water partition coefficient (Wildman–Crippen LogP) is 4.75. The highest BCUT2D eigenvalue weighted by molar-refractivity contribution is 5.87. The van der Waals surface area contributed by atoms with Crippen LogP contribution < -0.4 is 15.1 Å². The normalized spacial score (nSPS) is 19.5. The van der Waals surface area contributed by atoms with Crippen LogP contribution in [0.25, 0.3) is 0 Å². The average Bonchev–Trinajstić information content (AvgIpc) is 3.32. The number of amides is 1. The molecule has 1 aromatic carbocycles. The summed E-state index contributed by atoms with van der Waals surface area (Å²) < 4.78 is 6.10. The first kappa shape index (κ1) is 22.3. The monoisotopic (exact) mass is 445 g/mol. The molecule has 0 bridgehead atoms. The van der Waals surface area contributed by atoms with E-state index in [2.05, 4.69) is 47.3 Å². The lowest BCUT2D eigenvalue weighted by Crippen LogP contribution is -2.35. The molecule has 8 nitrogen and oxygen atoms in total. The third-order valence-corrected chi connectivity index (χ3v) is 5.77. The lowest BCUT2D eigenvalue weighted by molar-refractivity contribution is -0.125. The summed E-state index contributed by atoms with van der Waals surface area (Å²) in [6.07, 6.45) is 12.3. The molecule has 170 valence electrons. The minimum absolute atomic E-state index is 0.00348. The van der Waals surface area contributed by atoms with Crippen molar-refractivity contribution in [2.75, 3.05) is 23.4 Å². The summed E-state index contributed by atoms with van der Waals surface area (Å²) in [6, 6.07) is 9.17. The molecule has 1 aromatic heterocycles. The Labute approximate surface area is 193 Å². The number of nitrogens with zero attached hydrogens (tertiary/aromatic N) is 4. The Kier molecular flexibility index (Phi) is 6.83. The van der Waals surface area contributed by atoms with Crippen molar-refractivity contribution in [2.45, 2.75) is 31.9 Å². The van der Waals surface area contributed by atoms with Crippen LogP contribution in [-0.4, -0.2) is 41.0 Å². The lowest BCUT2D eigenvalue weighted by atomic mass is 10.1. The fourth-order valence-corrected chi connectivity index (χ4v) is 4.03. The van der Waals surface area contributed by atoms with Crippen molar-refractivity contribution in [1.82, 2.24) is 9.88 Å². The number of hydrogen-bond acceptors (Lipinski definition) is 6. The van der Waals surface area contributed by atoms with Gasteiger partial charge in [0, 0.05) is 37.5 Å². The van der Waals surface area contributed by atoms with Crippen LogP contribution in [0.1, 0.15) is 19.8 Å². The van der Waals surface area contributed by atoms with Gasteiger partial charge in [0.05, 0.1) is 28.9 Å². The Balaban J connectivity index is 1.50. The molecule has 1 aliphatic carbocycles. The van der Waals surface area contributed by atoms with Gasteiger partial charge < -0.3 is 15.0 Å². The molecule has 0 radical (unpaired) electrons. The van der Waals surface area contributed by atoms with Crippen molar-refractivity contribution in [2.24, 2.45) is 5.29 Å². The van der Waals surface area contributed by atoms with E-state index in [0.717, 1.165) is 17.9 Å². The molecule has 1 N–H and O–H groups in total. The van der Waals surface area contributed by atoms with Gasteiger partial charge in [-0.05, 0) is 43.7 Å². The fourth-order valence-electron chi connectivity index (χ4n) is 4.03. The molecule has 0 spiro atoms. The summed E-state index contributed by atoms with van der Waals surface area (Å²) in [7, 11) is 0. The van der Waals surface area contributed by atoms with Gasteiger partial charge in [0.2, 0.25) is 5.91 Å². The molecule has 2 aliphatic rings. The van der Waals surface area contributed by atoms with Crippen molar-refractivity contribution in [3.05, 3.63) is 84.1 Å². The van der Waals surface area contributed by atoms with E-state index in [1.165, 1.54) is 16.7 Å². The van der Waals surface area contributed by atoms with E-state index in [-0.39, 0.29) is 18.1 Å². The van der Waals surface area contributed by atoms with Crippen LogP contribution in [0.2, 0.25) is 0 Å². The maximum absolute atomic E-state index is 11.9. The zero-order valence-electron chi connectivity index (χ0n) is 18.6. The summed E-state index contributed by atoms with van der Waals surface area (Å²) in [6.45, 7) is 6.57. The van der Waals surface area contributed by atoms with Crippen LogP contribution in [0.3, 0.4) is 0 Å². The lowest BCUT2D eigenvalue weighted by Gasteiger charge is -2.25. The number of nitroso groups, excluding NO2 is 1. The van der Waals surface area contributed by atoms with Crippen molar-refractivity contribution in [1.29, 1.82) is 0 Å². The van der Waals surface area contributed by atoms with Crippen LogP contribution in [0.15, 0.2) is 84.5 Å². The maximum atomic E-state index is 11.9. The number of likely N-dealkylation sites (tertiary alicyclic amines) is 1. The van der Waals surface area contributed by atoms with E-state index < -0.39 is 0 Å². The van der Waals surface area contributed by atoms with Crippen molar-refractivity contribution < 1.29 is 9.53 Å². The first-order chi connectivity index (χ1) is 16.1. The number of ether oxygens (including phenoxy) is 1. The highest BCUT2D eigenvalue weighted by Crippen LogP contribution is 2.33. The number of anilines is 3. The van der Waals surface area contributed by atoms with Crippen LogP contribution >= 0.6 is 0 Å². The first-order valence-corrected chi connectivity index (χ1v) is 10.9. The van der Waals surface area contributed by atoms with E-state index in [1.807, 2.05) is 24.3 Å². The Morgan fingerprint density at radius 3 is 3.03 bits per heavy atom. The molecule has 1 aliphatic heterocycles. The molecular weight excluding hydrogens is 418 g/mol. The van der Waals surface area contributed by atoms with Gasteiger partial charge in [-0.1, -0.05) is 30.4 Å². The molecule has 2 heterocycles. The topological polar surface area (TPSA) is 87.1 Å². The number of nitrogens with one attached hydrogen (secondary N) is 1. The summed E-state index contributed by atoms with van der Waals surface area (Å²) in [4.78, 5) is 29.6. The first-order valence-electron chi connectivity index (χ1n) is 10.9. The fraction of sp³-hybridized carbons (Fsp3) is 0.280. The smallest absolute Gasteiger partial charge is 0.246 e. The molecule has 2 aromatic rings. The van der Waals surface area contributed by atoms with Crippen molar-refractivity contribution in [3.63, 3.8) is 0 Å². The molecule has 2 atom stereocenters. The van der Waals surface area contributed by atoms with Crippen LogP contribution in [-0.2, 0) is 4.79 Å². The Bertz CT molecular complexity index is 1100. The summed E-state index contributed by atoms with van der Waals surface area (Å²) in [5, 5.41) is 8.03. The van der Waals surface area contributed by atoms with Crippen LogP contribution in [0, 0.1) is 4.91 Å². The second kappa shape index (κ2) is 10.1. The molecule has 33 heavy (non-hydrogen) atoms. The largest absolute Gasteiger partial charge is 0.486 e. The number of hydrogen-bond donors (Lipinski definition) is 1.